The van der Waals surface area contributed by atoms with Crippen molar-refractivity contribution in [1.82, 2.24) is 4.98 Å². The quantitative estimate of drug-likeness (QED) is 0.757. The van der Waals surface area contributed by atoms with E-state index in [0.29, 0.717) is 0 Å². The molecular formula is C8H7F3N2O. The lowest BCUT2D eigenvalue weighted by Gasteiger charge is -2.08. The Morgan fingerprint density at radius 2 is 2.21 bits per heavy atom. The van der Waals surface area contributed by atoms with Crippen molar-refractivity contribution in [1.29, 1.82) is 0 Å². The smallest absolute Gasteiger partial charge is 0.265 e. The largest absolute Gasteiger partial charge is 0.326 e. The number of alkyl halides is 2. The summed E-state index contributed by atoms with van der Waals surface area (Å²) in [6.45, 7) is -0.394. The van der Waals surface area contributed by atoms with Gasteiger partial charge in [-0.15, -0.1) is 0 Å². The van der Waals surface area contributed by atoms with Crippen molar-refractivity contribution in [3.8, 4) is 0 Å². The Bertz CT molecular complexity index is 355. The highest BCUT2D eigenvalue weighted by atomic mass is 19.3. The Labute approximate surface area is 77.7 Å². The number of nitrogens with two attached hydrogens (primary N) is 1. The molecule has 1 rings (SSSR count). The number of nitrogens with zero attached hydrogens (tertiary/aromatic N) is 1. The van der Waals surface area contributed by atoms with Crippen LogP contribution in [0.3, 0.4) is 0 Å². The molecule has 0 atom stereocenters. The SMILES string of the molecule is NCc1c(C(F)F)cnc(C=O)c1F. The van der Waals surface area contributed by atoms with Gasteiger partial charge < -0.3 is 5.73 Å². The van der Waals surface area contributed by atoms with Crippen LogP contribution in [0.25, 0.3) is 0 Å². The van der Waals surface area contributed by atoms with Crippen LogP contribution in [0.5, 0.6) is 0 Å². The van der Waals surface area contributed by atoms with E-state index in [1.54, 1.807) is 0 Å². The molecule has 1 heterocycles. The molecule has 0 bridgehead atoms. The van der Waals surface area contributed by atoms with E-state index in [4.69, 9.17) is 5.73 Å². The zero-order chi connectivity index (χ0) is 10.7. The predicted molar refractivity (Wildman–Crippen MR) is 42.4 cm³/mol. The highest BCUT2D eigenvalue weighted by Gasteiger charge is 2.18. The zero-order valence-electron chi connectivity index (χ0n) is 7.01. The molecule has 3 nitrogen and oxygen atoms in total. The van der Waals surface area contributed by atoms with E-state index in [1.807, 2.05) is 0 Å². The van der Waals surface area contributed by atoms with Gasteiger partial charge in [-0.2, -0.15) is 0 Å². The van der Waals surface area contributed by atoms with Crippen molar-refractivity contribution < 1.29 is 18.0 Å². The fourth-order valence-electron chi connectivity index (χ4n) is 1.03. The highest BCUT2D eigenvalue weighted by molar-refractivity contribution is 5.72. The second kappa shape index (κ2) is 4.19. The number of hydrogen-bond donors (Lipinski definition) is 1. The number of rotatable bonds is 3. The van der Waals surface area contributed by atoms with Crippen LogP contribution in [0.4, 0.5) is 13.2 Å². The van der Waals surface area contributed by atoms with E-state index in [1.165, 1.54) is 0 Å². The first-order chi connectivity index (χ1) is 6.61. The van der Waals surface area contributed by atoms with Gasteiger partial charge in [-0.1, -0.05) is 0 Å². The van der Waals surface area contributed by atoms with Crippen molar-refractivity contribution in [2.45, 2.75) is 13.0 Å². The molecule has 2 N–H and O–H groups in total. The maximum atomic E-state index is 13.2. The maximum absolute atomic E-state index is 13.2. The topological polar surface area (TPSA) is 56.0 Å². The number of pyridine rings is 1. The molecule has 0 saturated carbocycles. The van der Waals surface area contributed by atoms with E-state index in [9.17, 15) is 18.0 Å². The molecule has 0 aliphatic heterocycles. The molecule has 0 aliphatic rings. The summed E-state index contributed by atoms with van der Waals surface area (Å²) < 4.78 is 37.7. The monoisotopic (exact) mass is 204 g/mol. The van der Waals surface area contributed by atoms with Crippen LogP contribution in [0.2, 0.25) is 0 Å². The van der Waals surface area contributed by atoms with Gasteiger partial charge in [0.15, 0.2) is 12.1 Å². The minimum atomic E-state index is -2.85. The molecule has 0 aliphatic carbocycles. The number of aromatic nitrogens is 1. The average molecular weight is 204 g/mol. The van der Waals surface area contributed by atoms with Gasteiger partial charge in [0.25, 0.3) is 6.43 Å². The van der Waals surface area contributed by atoms with Crippen molar-refractivity contribution >= 4 is 6.29 Å². The summed E-state index contributed by atoms with van der Waals surface area (Å²) in [5.41, 5.74) is 3.65. The summed E-state index contributed by atoms with van der Waals surface area (Å²) in [4.78, 5) is 13.5. The fourth-order valence-corrected chi connectivity index (χ4v) is 1.03. The second-order valence-corrected chi connectivity index (χ2v) is 2.51. The van der Waals surface area contributed by atoms with Crippen LogP contribution >= 0.6 is 0 Å². The Morgan fingerprint density at radius 1 is 1.57 bits per heavy atom. The van der Waals surface area contributed by atoms with E-state index < -0.39 is 30.0 Å². The number of hydrogen-bond acceptors (Lipinski definition) is 3. The fraction of sp³-hybridized carbons (Fsp3) is 0.250. The molecule has 1 aromatic rings. The van der Waals surface area contributed by atoms with Crippen molar-refractivity contribution in [2.75, 3.05) is 0 Å². The number of carbonyl (C=O) groups is 1. The first-order valence-corrected chi connectivity index (χ1v) is 3.72. The van der Waals surface area contributed by atoms with Crippen molar-refractivity contribution in [3.05, 3.63) is 28.8 Å². The molecule has 14 heavy (non-hydrogen) atoms. The summed E-state index contributed by atoms with van der Waals surface area (Å²) in [5.74, 6) is -1.07. The first-order valence-electron chi connectivity index (χ1n) is 3.72. The van der Waals surface area contributed by atoms with Gasteiger partial charge in [-0.25, -0.2) is 18.2 Å². The van der Waals surface area contributed by atoms with E-state index in [2.05, 4.69) is 4.98 Å². The third kappa shape index (κ3) is 1.74. The van der Waals surface area contributed by atoms with Crippen LogP contribution < -0.4 is 5.73 Å². The normalized spacial score (nSPS) is 10.6. The number of carbonyl (C=O) groups excluding carboxylic acids is 1. The Hall–Kier alpha value is -1.43. The third-order valence-electron chi connectivity index (χ3n) is 1.73. The Kier molecular flexibility index (Phi) is 3.19. The molecular weight excluding hydrogens is 197 g/mol. The summed E-state index contributed by atoms with van der Waals surface area (Å²) in [6.07, 6.45) is -1.93. The average Bonchev–Trinajstić information content (AvgIpc) is 2.17. The predicted octanol–water partition coefficient (Wildman–Crippen LogP) is 1.43. The zero-order valence-corrected chi connectivity index (χ0v) is 7.01. The van der Waals surface area contributed by atoms with Gasteiger partial charge >= 0.3 is 0 Å². The van der Waals surface area contributed by atoms with Gasteiger partial charge in [-0.05, 0) is 0 Å². The molecule has 76 valence electrons. The highest BCUT2D eigenvalue weighted by Crippen LogP contribution is 2.24. The van der Waals surface area contributed by atoms with E-state index in [-0.39, 0.29) is 11.8 Å². The molecule has 0 aromatic carbocycles. The Balaban J connectivity index is 3.35. The van der Waals surface area contributed by atoms with Gasteiger partial charge in [0.05, 0.1) is 0 Å². The molecule has 0 fully saturated rings. The van der Waals surface area contributed by atoms with Gasteiger partial charge in [0.1, 0.15) is 5.69 Å². The lowest BCUT2D eigenvalue weighted by atomic mass is 10.1. The molecule has 0 amide bonds. The van der Waals surface area contributed by atoms with Crippen LogP contribution in [0, 0.1) is 5.82 Å². The lowest BCUT2D eigenvalue weighted by Crippen LogP contribution is -2.09. The summed E-state index contributed by atoms with van der Waals surface area (Å²) in [5, 5.41) is 0. The van der Waals surface area contributed by atoms with Crippen LogP contribution in [-0.4, -0.2) is 11.3 Å². The van der Waals surface area contributed by atoms with Crippen molar-refractivity contribution in [2.24, 2.45) is 5.73 Å². The molecule has 1 aromatic heterocycles. The minimum Gasteiger partial charge on any atom is -0.326 e. The summed E-state index contributed by atoms with van der Waals surface area (Å²) in [7, 11) is 0. The summed E-state index contributed by atoms with van der Waals surface area (Å²) in [6, 6.07) is 0. The van der Waals surface area contributed by atoms with Gasteiger partial charge in [-0.3, -0.25) is 4.79 Å². The van der Waals surface area contributed by atoms with Crippen LogP contribution in [0.1, 0.15) is 28.0 Å². The summed E-state index contributed by atoms with van der Waals surface area (Å²) >= 11 is 0. The molecule has 0 unspecified atom stereocenters. The van der Waals surface area contributed by atoms with E-state index >= 15 is 0 Å². The lowest BCUT2D eigenvalue weighted by molar-refractivity contribution is 0.111. The molecule has 0 spiro atoms. The van der Waals surface area contributed by atoms with E-state index in [0.717, 1.165) is 6.20 Å². The van der Waals surface area contributed by atoms with Crippen LogP contribution in [-0.2, 0) is 6.54 Å². The number of halogens is 3. The number of aldehydes is 1. The molecule has 0 saturated heterocycles. The van der Waals surface area contributed by atoms with Crippen molar-refractivity contribution in [3.63, 3.8) is 0 Å². The molecule has 0 radical (unpaired) electrons. The second-order valence-electron chi connectivity index (χ2n) is 2.51. The van der Waals surface area contributed by atoms with Gasteiger partial charge in [0.2, 0.25) is 0 Å². The Morgan fingerprint density at radius 3 is 2.64 bits per heavy atom. The van der Waals surface area contributed by atoms with Gasteiger partial charge in [0, 0.05) is 23.9 Å². The minimum absolute atomic E-state index is 0.156. The maximum Gasteiger partial charge on any atom is 0.265 e. The molecule has 6 heteroatoms. The third-order valence-corrected chi connectivity index (χ3v) is 1.73. The van der Waals surface area contributed by atoms with Crippen LogP contribution in [0.15, 0.2) is 6.20 Å². The standard InChI is InChI=1S/C8H7F3N2O/c9-7-4(1-12)5(8(10)11)2-13-6(7)3-14/h2-3,8H,1,12H2. The first kappa shape index (κ1) is 10.6.